The second kappa shape index (κ2) is 6.62. The zero-order valence-corrected chi connectivity index (χ0v) is 14.0. The maximum absolute atomic E-state index is 12.2. The number of hydrogen-bond acceptors (Lipinski definition) is 4. The van der Waals surface area contributed by atoms with Crippen molar-refractivity contribution in [2.24, 2.45) is 0 Å². The summed E-state index contributed by atoms with van der Waals surface area (Å²) >= 11 is 0. The van der Waals surface area contributed by atoms with Crippen molar-refractivity contribution >= 4 is 11.8 Å². The molecule has 0 aliphatic carbocycles. The van der Waals surface area contributed by atoms with Gasteiger partial charge in [-0.1, -0.05) is 19.1 Å². The Labute approximate surface area is 139 Å². The molecule has 0 fully saturated rings. The number of carbonyl (C=O) groups is 1. The standard InChI is InChI=1S/C17H19N3O4/c1-6-13-14(23-12-9-7-11(18-5)8-10-12)15(21)19-20(13)16(22)24-17(2,3)4/h7-10H,6H2,1-4H3,(H,19,21). The summed E-state index contributed by atoms with van der Waals surface area (Å²) in [4.78, 5) is 27.7. The van der Waals surface area contributed by atoms with Crippen molar-refractivity contribution in [1.29, 1.82) is 0 Å². The third kappa shape index (κ3) is 3.84. The summed E-state index contributed by atoms with van der Waals surface area (Å²) in [5, 5.41) is 2.44. The quantitative estimate of drug-likeness (QED) is 0.867. The van der Waals surface area contributed by atoms with Gasteiger partial charge in [0.2, 0.25) is 5.75 Å². The van der Waals surface area contributed by atoms with E-state index in [1.165, 1.54) is 0 Å². The number of H-pyrrole nitrogens is 1. The molecule has 0 bridgehead atoms. The minimum absolute atomic E-state index is 0.0407. The van der Waals surface area contributed by atoms with E-state index in [0.717, 1.165) is 4.68 Å². The molecule has 126 valence electrons. The Balaban J connectivity index is 2.35. The lowest BCUT2D eigenvalue weighted by Gasteiger charge is -2.19. The van der Waals surface area contributed by atoms with Gasteiger partial charge in [0.25, 0.3) is 0 Å². The average Bonchev–Trinajstić information content (AvgIpc) is 2.83. The van der Waals surface area contributed by atoms with E-state index in [1.807, 2.05) is 0 Å². The first-order valence-corrected chi connectivity index (χ1v) is 7.47. The van der Waals surface area contributed by atoms with Crippen molar-refractivity contribution in [3.05, 3.63) is 51.7 Å². The summed E-state index contributed by atoms with van der Waals surface area (Å²) in [6, 6.07) is 6.37. The van der Waals surface area contributed by atoms with Gasteiger partial charge in [-0.3, -0.25) is 9.89 Å². The number of hydrogen-bond donors (Lipinski definition) is 1. The second-order valence-corrected chi connectivity index (χ2v) is 6.09. The van der Waals surface area contributed by atoms with E-state index in [0.29, 0.717) is 23.6 Å². The highest BCUT2D eigenvalue weighted by Gasteiger charge is 2.24. The van der Waals surface area contributed by atoms with Gasteiger partial charge >= 0.3 is 11.7 Å². The fourth-order valence-electron chi connectivity index (χ4n) is 2.05. The summed E-state index contributed by atoms with van der Waals surface area (Å²) in [5.41, 5.74) is -0.339. The number of aromatic amines is 1. The van der Waals surface area contributed by atoms with Crippen LogP contribution in [0.5, 0.6) is 11.5 Å². The lowest BCUT2D eigenvalue weighted by atomic mass is 10.2. The largest absolute Gasteiger partial charge is 0.450 e. The molecule has 0 amide bonds. The topological polar surface area (TPSA) is 77.7 Å². The molecular formula is C17H19N3O4. The molecule has 1 N–H and O–H groups in total. The molecule has 2 aromatic rings. The highest BCUT2D eigenvalue weighted by Crippen LogP contribution is 2.25. The van der Waals surface area contributed by atoms with E-state index < -0.39 is 17.3 Å². The number of ether oxygens (including phenoxy) is 2. The van der Waals surface area contributed by atoms with Gasteiger partial charge in [-0.2, -0.15) is 4.68 Å². The van der Waals surface area contributed by atoms with Crippen LogP contribution in [0.3, 0.4) is 0 Å². The third-order valence-corrected chi connectivity index (χ3v) is 3.05. The van der Waals surface area contributed by atoms with Crippen molar-refractivity contribution in [2.75, 3.05) is 0 Å². The number of rotatable bonds is 3. The number of nitrogens with zero attached hydrogens (tertiary/aromatic N) is 2. The maximum Gasteiger partial charge on any atom is 0.433 e. The Morgan fingerprint density at radius 3 is 2.42 bits per heavy atom. The first-order chi connectivity index (χ1) is 11.2. The van der Waals surface area contributed by atoms with Crippen LogP contribution in [0.15, 0.2) is 29.1 Å². The minimum Gasteiger partial charge on any atom is -0.450 e. The number of nitrogens with one attached hydrogen (secondary N) is 1. The SMILES string of the molecule is [C-]#[N+]c1ccc(Oc2c(CC)n(C(=O)OC(C)(C)C)[nH]c2=O)cc1. The zero-order chi connectivity index (χ0) is 17.9. The van der Waals surface area contributed by atoms with Crippen molar-refractivity contribution in [1.82, 2.24) is 9.78 Å². The van der Waals surface area contributed by atoms with Crippen molar-refractivity contribution in [3.63, 3.8) is 0 Å². The van der Waals surface area contributed by atoms with E-state index in [9.17, 15) is 9.59 Å². The molecule has 0 radical (unpaired) electrons. The summed E-state index contributed by atoms with van der Waals surface area (Å²) in [6.45, 7) is 14.0. The molecule has 0 unspecified atom stereocenters. The van der Waals surface area contributed by atoms with Crippen LogP contribution in [0, 0.1) is 6.57 Å². The molecule has 0 atom stereocenters. The Morgan fingerprint density at radius 2 is 1.92 bits per heavy atom. The van der Waals surface area contributed by atoms with Gasteiger partial charge in [-0.05, 0) is 39.3 Å². The Kier molecular flexibility index (Phi) is 4.79. The maximum atomic E-state index is 12.2. The Hall–Kier alpha value is -3.01. The molecule has 7 nitrogen and oxygen atoms in total. The molecule has 24 heavy (non-hydrogen) atoms. The van der Waals surface area contributed by atoms with Gasteiger partial charge in [0.05, 0.1) is 12.3 Å². The lowest BCUT2D eigenvalue weighted by Crippen LogP contribution is -2.29. The van der Waals surface area contributed by atoms with Crippen molar-refractivity contribution in [3.8, 4) is 11.5 Å². The van der Waals surface area contributed by atoms with E-state index in [4.69, 9.17) is 16.0 Å². The predicted octanol–water partition coefficient (Wildman–Crippen LogP) is 3.87. The summed E-state index contributed by atoms with van der Waals surface area (Å²) < 4.78 is 12.0. The van der Waals surface area contributed by atoms with Crippen LogP contribution in [0.2, 0.25) is 0 Å². The summed E-state index contributed by atoms with van der Waals surface area (Å²) in [7, 11) is 0. The van der Waals surface area contributed by atoms with E-state index in [-0.39, 0.29) is 5.75 Å². The molecule has 2 rings (SSSR count). The fourth-order valence-corrected chi connectivity index (χ4v) is 2.05. The van der Waals surface area contributed by atoms with Gasteiger partial charge in [0.15, 0.2) is 5.69 Å². The number of aromatic nitrogens is 2. The first kappa shape index (κ1) is 17.3. The van der Waals surface area contributed by atoms with Gasteiger partial charge in [0, 0.05) is 0 Å². The normalized spacial score (nSPS) is 11.0. The molecule has 1 heterocycles. The highest BCUT2D eigenvalue weighted by atomic mass is 16.6. The molecule has 0 saturated carbocycles. The van der Waals surface area contributed by atoms with E-state index in [1.54, 1.807) is 52.0 Å². The molecule has 1 aromatic carbocycles. The van der Waals surface area contributed by atoms with Crippen LogP contribution in [0.25, 0.3) is 4.85 Å². The highest BCUT2D eigenvalue weighted by molar-refractivity contribution is 5.71. The van der Waals surface area contributed by atoms with Crippen LogP contribution in [-0.2, 0) is 11.2 Å². The molecule has 0 saturated heterocycles. The lowest BCUT2D eigenvalue weighted by molar-refractivity contribution is 0.0508. The van der Waals surface area contributed by atoms with Crippen LogP contribution in [-0.4, -0.2) is 21.5 Å². The average molecular weight is 329 g/mol. The first-order valence-electron chi connectivity index (χ1n) is 7.47. The number of carbonyl (C=O) groups excluding carboxylic acids is 1. The van der Waals surface area contributed by atoms with Crippen LogP contribution < -0.4 is 10.3 Å². The smallest absolute Gasteiger partial charge is 0.433 e. The minimum atomic E-state index is -0.681. The fraction of sp³-hybridized carbons (Fsp3) is 0.353. The van der Waals surface area contributed by atoms with Crippen LogP contribution >= 0.6 is 0 Å². The van der Waals surface area contributed by atoms with Gasteiger partial charge in [-0.15, -0.1) is 0 Å². The molecule has 0 aliphatic rings. The van der Waals surface area contributed by atoms with Gasteiger partial charge in [-0.25, -0.2) is 9.64 Å². The van der Waals surface area contributed by atoms with E-state index in [2.05, 4.69) is 9.94 Å². The summed E-state index contributed by atoms with van der Waals surface area (Å²) in [5.74, 6) is 0.448. The molecule has 7 heteroatoms. The molecule has 0 spiro atoms. The monoisotopic (exact) mass is 329 g/mol. The van der Waals surface area contributed by atoms with Crippen LogP contribution in [0.1, 0.15) is 33.4 Å². The van der Waals surface area contributed by atoms with Gasteiger partial charge < -0.3 is 9.47 Å². The number of benzene rings is 1. The van der Waals surface area contributed by atoms with E-state index >= 15 is 0 Å². The van der Waals surface area contributed by atoms with Crippen LogP contribution in [0.4, 0.5) is 10.5 Å². The van der Waals surface area contributed by atoms with Crippen molar-refractivity contribution < 1.29 is 14.3 Å². The summed E-state index contributed by atoms with van der Waals surface area (Å²) in [6.07, 6.45) is -0.275. The second-order valence-electron chi connectivity index (χ2n) is 6.09. The molecule has 0 aliphatic heterocycles. The van der Waals surface area contributed by atoms with Gasteiger partial charge in [0.1, 0.15) is 11.4 Å². The predicted molar refractivity (Wildman–Crippen MR) is 88.8 cm³/mol. The Bertz CT molecular complexity index is 833. The third-order valence-electron chi connectivity index (χ3n) is 3.05. The Morgan fingerprint density at radius 1 is 1.29 bits per heavy atom. The molecular weight excluding hydrogens is 310 g/mol. The zero-order valence-electron chi connectivity index (χ0n) is 14.0. The van der Waals surface area contributed by atoms with Crippen molar-refractivity contribution in [2.45, 2.75) is 39.7 Å². The molecule has 1 aromatic heterocycles.